The van der Waals surface area contributed by atoms with Gasteiger partial charge in [-0.2, -0.15) is 0 Å². The van der Waals surface area contributed by atoms with Crippen molar-refractivity contribution >= 4 is 37.6 Å². The molecule has 0 fully saturated rings. The van der Waals surface area contributed by atoms with Gasteiger partial charge in [0.1, 0.15) is 18.2 Å². The summed E-state index contributed by atoms with van der Waals surface area (Å²) < 4.78 is 41.6. The fraction of sp³-hybridized carbons (Fsp3) is 0.0769. The van der Waals surface area contributed by atoms with Gasteiger partial charge in [-0.1, -0.05) is 17.7 Å². The number of rotatable bonds is 4. The van der Waals surface area contributed by atoms with Crippen LogP contribution in [0.1, 0.15) is 5.56 Å². The van der Waals surface area contributed by atoms with E-state index in [1.807, 2.05) is 0 Å². The molecule has 0 bridgehead atoms. The number of primary sulfonamides is 1. The molecule has 0 radical (unpaired) electrons. The second kappa shape index (κ2) is 6.31. The van der Waals surface area contributed by atoms with E-state index in [4.69, 9.17) is 21.5 Å². The molecule has 0 saturated heterocycles. The van der Waals surface area contributed by atoms with Crippen molar-refractivity contribution in [3.63, 3.8) is 0 Å². The maximum Gasteiger partial charge on any atom is 0.238 e. The monoisotopic (exact) mass is 393 g/mol. The molecule has 0 aliphatic carbocycles. The lowest BCUT2D eigenvalue weighted by Crippen LogP contribution is -2.12. The van der Waals surface area contributed by atoms with Gasteiger partial charge >= 0.3 is 0 Å². The van der Waals surface area contributed by atoms with E-state index in [0.29, 0.717) is 15.8 Å². The first-order valence-corrected chi connectivity index (χ1v) is 8.38. The highest BCUT2D eigenvalue weighted by atomic mass is 79.9. The first kappa shape index (κ1) is 16.2. The molecule has 4 nitrogen and oxygen atoms in total. The molecule has 21 heavy (non-hydrogen) atoms. The van der Waals surface area contributed by atoms with Gasteiger partial charge in [0.2, 0.25) is 10.0 Å². The van der Waals surface area contributed by atoms with Crippen LogP contribution in [0.15, 0.2) is 45.8 Å². The molecule has 0 saturated carbocycles. The van der Waals surface area contributed by atoms with Gasteiger partial charge in [-0.3, -0.25) is 0 Å². The molecule has 0 amide bonds. The fourth-order valence-corrected chi connectivity index (χ4v) is 2.87. The van der Waals surface area contributed by atoms with Crippen LogP contribution in [0, 0.1) is 5.82 Å². The topological polar surface area (TPSA) is 69.4 Å². The Labute approximate surface area is 134 Å². The zero-order chi connectivity index (χ0) is 15.6. The molecule has 8 heteroatoms. The minimum absolute atomic E-state index is 0.0285. The Hall–Kier alpha value is -1.15. The molecular weight excluding hydrogens is 385 g/mol. The van der Waals surface area contributed by atoms with Crippen LogP contribution in [0.5, 0.6) is 5.75 Å². The van der Waals surface area contributed by atoms with E-state index in [1.54, 1.807) is 6.07 Å². The lowest BCUT2D eigenvalue weighted by molar-refractivity contribution is 0.303. The van der Waals surface area contributed by atoms with Gasteiger partial charge in [0.25, 0.3) is 0 Å². The molecule has 0 aromatic heterocycles. The molecule has 112 valence electrons. The normalized spacial score (nSPS) is 11.4. The quantitative estimate of drug-likeness (QED) is 0.863. The van der Waals surface area contributed by atoms with Crippen molar-refractivity contribution in [2.75, 3.05) is 0 Å². The number of hydrogen-bond acceptors (Lipinski definition) is 3. The predicted octanol–water partition coefficient (Wildman–Crippen LogP) is 3.47. The SMILES string of the molecule is NS(=O)(=O)c1ccc(OCc2ccc(Cl)c(F)c2)c(Br)c1. The predicted molar refractivity (Wildman–Crippen MR) is 81.3 cm³/mol. The number of nitrogens with two attached hydrogens (primary N) is 1. The third-order valence-electron chi connectivity index (χ3n) is 2.61. The summed E-state index contributed by atoms with van der Waals surface area (Å²) in [5, 5.41) is 5.07. The van der Waals surface area contributed by atoms with E-state index in [1.165, 1.54) is 30.3 Å². The second-order valence-electron chi connectivity index (χ2n) is 4.17. The summed E-state index contributed by atoms with van der Waals surface area (Å²) in [6, 6.07) is 8.49. The first-order valence-electron chi connectivity index (χ1n) is 5.66. The van der Waals surface area contributed by atoms with Crippen LogP contribution < -0.4 is 9.88 Å². The standard InChI is InChI=1S/C13H10BrClFNO3S/c14-10-6-9(21(17,18)19)2-4-13(10)20-7-8-1-3-11(15)12(16)5-8/h1-6H,7H2,(H2,17,18,19). The molecule has 2 aromatic rings. The van der Waals surface area contributed by atoms with Crippen LogP contribution >= 0.6 is 27.5 Å². The number of benzene rings is 2. The molecule has 0 atom stereocenters. The summed E-state index contributed by atoms with van der Waals surface area (Å²) in [6.07, 6.45) is 0. The highest BCUT2D eigenvalue weighted by Gasteiger charge is 2.11. The van der Waals surface area contributed by atoms with Crippen LogP contribution in [-0.4, -0.2) is 8.42 Å². The molecule has 2 rings (SSSR count). The number of halogens is 3. The smallest absolute Gasteiger partial charge is 0.238 e. The Bertz CT molecular complexity index is 783. The zero-order valence-electron chi connectivity index (χ0n) is 10.5. The van der Waals surface area contributed by atoms with E-state index in [0.717, 1.165) is 0 Å². The maximum atomic E-state index is 13.3. The van der Waals surface area contributed by atoms with Crippen LogP contribution in [0.2, 0.25) is 5.02 Å². The fourth-order valence-electron chi connectivity index (χ4n) is 1.57. The Morgan fingerprint density at radius 1 is 1.24 bits per heavy atom. The van der Waals surface area contributed by atoms with Crippen LogP contribution in [0.4, 0.5) is 4.39 Å². The summed E-state index contributed by atoms with van der Waals surface area (Å²) in [5.74, 6) is -0.112. The molecule has 2 N–H and O–H groups in total. The van der Waals surface area contributed by atoms with Gasteiger partial charge in [-0.05, 0) is 51.8 Å². The average molecular weight is 395 g/mol. The largest absolute Gasteiger partial charge is 0.488 e. The van der Waals surface area contributed by atoms with Crippen molar-refractivity contribution in [1.29, 1.82) is 0 Å². The third kappa shape index (κ3) is 4.16. The molecular formula is C13H10BrClFNO3S. The lowest BCUT2D eigenvalue weighted by Gasteiger charge is -2.09. The van der Waals surface area contributed by atoms with E-state index in [2.05, 4.69) is 15.9 Å². The van der Waals surface area contributed by atoms with Gasteiger partial charge in [-0.15, -0.1) is 0 Å². The summed E-state index contributed by atoms with van der Waals surface area (Å²) >= 11 is 8.79. The first-order chi connectivity index (χ1) is 9.77. The molecule has 0 heterocycles. The summed E-state index contributed by atoms with van der Waals surface area (Å²) in [5.41, 5.74) is 0.597. The van der Waals surface area contributed by atoms with Gasteiger partial charge in [0, 0.05) is 0 Å². The molecule has 0 spiro atoms. The molecule has 2 aromatic carbocycles. The summed E-state index contributed by atoms with van der Waals surface area (Å²) in [6.45, 7) is 0.113. The Kier molecular flexibility index (Phi) is 4.88. The van der Waals surface area contributed by atoms with E-state index in [-0.39, 0.29) is 16.5 Å². The zero-order valence-corrected chi connectivity index (χ0v) is 13.7. The van der Waals surface area contributed by atoms with Crippen LogP contribution in [-0.2, 0) is 16.6 Å². The number of ether oxygens (including phenoxy) is 1. The number of sulfonamides is 1. The minimum Gasteiger partial charge on any atom is -0.488 e. The summed E-state index contributed by atoms with van der Waals surface area (Å²) in [4.78, 5) is -0.0285. The van der Waals surface area contributed by atoms with Crippen molar-refractivity contribution in [2.45, 2.75) is 11.5 Å². The van der Waals surface area contributed by atoms with Gasteiger partial charge in [0.15, 0.2) is 0 Å². The summed E-state index contributed by atoms with van der Waals surface area (Å²) in [7, 11) is -3.77. The Morgan fingerprint density at radius 3 is 2.52 bits per heavy atom. The minimum atomic E-state index is -3.77. The Balaban J connectivity index is 2.15. The highest BCUT2D eigenvalue weighted by Crippen LogP contribution is 2.28. The van der Waals surface area contributed by atoms with Crippen LogP contribution in [0.3, 0.4) is 0 Å². The van der Waals surface area contributed by atoms with Gasteiger partial charge < -0.3 is 4.74 Å². The second-order valence-corrected chi connectivity index (χ2v) is 7.00. The molecule has 0 unspecified atom stereocenters. The Morgan fingerprint density at radius 2 is 1.95 bits per heavy atom. The highest BCUT2D eigenvalue weighted by molar-refractivity contribution is 9.10. The van der Waals surface area contributed by atoms with Crippen molar-refractivity contribution in [1.82, 2.24) is 0 Å². The van der Waals surface area contributed by atoms with Gasteiger partial charge in [-0.25, -0.2) is 17.9 Å². The number of hydrogen-bond donors (Lipinski definition) is 1. The van der Waals surface area contributed by atoms with Crippen molar-refractivity contribution in [2.24, 2.45) is 5.14 Å². The van der Waals surface area contributed by atoms with Gasteiger partial charge in [0.05, 0.1) is 14.4 Å². The van der Waals surface area contributed by atoms with Crippen molar-refractivity contribution in [3.8, 4) is 5.75 Å². The lowest BCUT2D eigenvalue weighted by atomic mass is 10.2. The van der Waals surface area contributed by atoms with E-state index >= 15 is 0 Å². The van der Waals surface area contributed by atoms with Crippen molar-refractivity contribution in [3.05, 3.63) is 57.3 Å². The third-order valence-corrected chi connectivity index (χ3v) is 4.45. The van der Waals surface area contributed by atoms with Crippen LogP contribution in [0.25, 0.3) is 0 Å². The maximum absolute atomic E-state index is 13.3. The van der Waals surface area contributed by atoms with E-state index in [9.17, 15) is 12.8 Å². The van der Waals surface area contributed by atoms with E-state index < -0.39 is 15.8 Å². The van der Waals surface area contributed by atoms with Crippen molar-refractivity contribution < 1.29 is 17.5 Å². The molecule has 0 aliphatic rings. The molecule has 0 aliphatic heterocycles. The average Bonchev–Trinajstić information content (AvgIpc) is 2.40.